The maximum atomic E-state index is 15.6. The third-order valence-electron chi connectivity index (χ3n) is 6.33. The van der Waals surface area contributed by atoms with Crippen LogP contribution < -0.4 is 14.8 Å². The minimum atomic E-state index is -4.46. The molecular weight excluding hydrogens is 584 g/mol. The van der Waals surface area contributed by atoms with Crippen LogP contribution >= 0.6 is 11.6 Å². The summed E-state index contributed by atoms with van der Waals surface area (Å²) in [4.78, 5) is 37.6. The summed E-state index contributed by atoms with van der Waals surface area (Å²) in [6.45, 7) is 1.25. The van der Waals surface area contributed by atoms with Crippen molar-refractivity contribution in [3.8, 4) is 17.1 Å². The number of halogens is 3. The number of fused-ring (bicyclic) bond motifs is 1. The van der Waals surface area contributed by atoms with Gasteiger partial charge in [0.05, 0.1) is 40.8 Å². The second-order valence-corrected chi connectivity index (χ2v) is 11.0. The summed E-state index contributed by atoms with van der Waals surface area (Å²) in [5.74, 6) is -2.98. The van der Waals surface area contributed by atoms with Crippen LogP contribution in [0.15, 0.2) is 48.0 Å². The second kappa shape index (κ2) is 11.2. The molecular formula is C25H22ClF2N7O5S. The molecule has 1 aliphatic rings. The van der Waals surface area contributed by atoms with Crippen molar-refractivity contribution < 1.29 is 31.5 Å². The van der Waals surface area contributed by atoms with E-state index in [0.717, 1.165) is 24.6 Å². The monoisotopic (exact) mass is 605 g/mol. The summed E-state index contributed by atoms with van der Waals surface area (Å²) in [5, 5.41) is 2.70. The number of carbonyl (C=O) groups excluding carboxylic acids is 2. The first-order chi connectivity index (χ1) is 19.6. The Balaban J connectivity index is 1.39. The molecule has 0 aliphatic carbocycles. The van der Waals surface area contributed by atoms with Gasteiger partial charge in [-0.05, 0) is 24.6 Å². The van der Waals surface area contributed by atoms with Crippen molar-refractivity contribution >= 4 is 44.6 Å². The molecule has 1 saturated heterocycles. The fourth-order valence-corrected chi connectivity index (χ4v) is 5.78. The molecule has 2 N–H and O–H groups in total. The first kappa shape index (κ1) is 28.2. The van der Waals surface area contributed by atoms with E-state index in [4.69, 9.17) is 16.3 Å². The second-order valence-electron chi connectivity index (χ2n) is 8.95. The van der Waals surface area contributed by atoms with Crippen molar-refractivity contribution in [2.45, 2.75) is 17.7 Å². The fraction of sp³-hybridized carbons (Fsp3) is 0.240. The minimum absolute atomic E-state index is 0.000907. The van der Waals surface area contributed by atoms with Gasteiger partial charge in [0.2, 0.25) is 11.8 Å². The zero-order valence-electron chi connectivity index (χ0n) is 21.4. The van der Waals surface area contributed by atoms with Crippen LogP contribution in [0.1, 0.15) is 23.3 Å². The first-order valence-electron chi connectivity index (χ1n) is 12.2. The highest BCUT2D eigenvalue weighted by atomic mass is 35.5. The van der Waals surface area contributed by atoms with Gasteiger partial charge in [0.25, 0.3) is 15.9 Å². The van der Waals surface area contributed by atoms with Crippen LogP contribution in [0.4, 0.5) is 14.5 Å². The standard InChI is InChI=1S/C25H22ClF2N7O5S/c1-40-25-19(9-14(26)10-31-25)41(38,39)33-16-5-4-15(27)21(22(16)28)17-12-35-13-32-23(18(35)11-30-17)24(37)29-6-8-34-7-2-3-20(34)36/h4-5,9-13,33H,2-3,6-8H2,1H3,(H,29,37). The smallest absolute Gasteiger partial charge is 0.272 e. The lowest BCUT2D eigenvalue weighted by Gasteiger charge is -2.15. The number of carbonyl (C=O) groups is 2. The zero-order chi connectivity index (χ0) is 29.3. The molecule has 1 fully saturated rings. The molecule has 5 rings (SSSR count). The molecule has 4 aromatic rings. The number of benzene rings is 1. The Hall–Kier alpha value is -4.37. The average molecular weight is 606 g/mol. The number of rotatable bonds is 9. The molecule has 2 amide bonds. The van der Waals surface area contributed by atoms with Gasteiger partial charge < -0.3 is 19.4 Å². The summed E-state index contributed by atoms with van der Waals surface area (Å²) >= 11 is 5.88. The average Bonchev–Trinajstić information content (AvgIpc) is 3.56. The summed E-state index contributed by atoms with van der Waals surface area (Å²) in [6, 6.07) is 2.88. The lowest BCUT2D eigenvalue weighted by atomic mass is 10.1. The first-order valence-corrected chi connectivity index (χ1v) is 14.0. The van der Waals surface area contributed by atoms with E-state index in [2.05, 4.69) is 25.0 Å². The molecule has 0 unspecified atom stereocenters. The number of aromatic nitrogens is 4. The number of pyridine rings is 1. The number of ether oxygens (including phenoxy) is 1. The predicted octanol–water partition coefficient (Wildman–Crippen LogP) is 2.88. The Morgan fingerprint density at radius 3 is 2.73 bits per heavy atom. The Morgan fingerprint density at radius 2 is 2.00 bits per heavy atom. The van der Waals surface area contributed by atoms with Crippen molar-refractivity contribution in [1.29, 1.82) is 0 Å². The van der Waals surface area contributed by atoms with Crippen LogP contribution in [-0.2, 0) is 14.8 Å². The summed E-state index contributed by atoms with van der Waals surface area (Å²) in [7, 11) is -3.25. The Labute approximate surface area is 237 Å². The van der Waals surface area contributed by atoms with Crippen molar-refractivity contribution in [2.75, 3.05) is 31.5 Å². The van der Waals surface area contributed by atoms with Crippen LogP contribution in [0.5, 0.6) is 5.88 Å². The lowest BCUT2D eigenvalue weighted by molar-refractivity contribution is -0.127. The highest BCUT2D eigenvalue weighted by molar-refractivity contribution is 7.92. The topological polar surface area (TPSA) is 148 Å². The number of imidazole rings is 1. The summed E-state index contributed by atoms with van der Waals surface area (Å²) < 4.78 is 64.8. The van der Waals surface area contributed by atoms with Crippen LogP contribution in [0, 0.1) is 11.6 Å². The van der Waals surface area contributed by atoms with Gasteiger partial charge in [-0.25, -0.2) is 27.2 Å². The molecule has 3 aromatic heterocycles. The highest BCUT2D eigenvalue weighted by Crippen LogP contribution is 2.32. The molecule has 1 aliphatic heterocycles. The number of hydrogen-bond acceptors (Lipinski definition) is 8. The molecule has 0 atom stereocenters. The molecule has 0 radical (unpaired) electrons. The zero-order valence-corrected chi connectivity index (χ0v) is 23.0. The SMILES string of the molecule is COc1ncc(Cl)cc1S(=O)(=O)Nc1ccc(F)c(-c2cn3cnc(C(=O)NCCN4CCCC4=O)c3cn2)c1F. The molecule has 4 heterocycles. The number of methoxy groups -OCH3 is 1. The van der Waals surface area contributed by atoms with Crippen molar-refractivity contribution in [2.24, 2.45) is 0 Å². The van der Waals surface area contributed by atoms with E-state index >= 15 is 4.39 Å². The number of nitrogens with zero attached hydrogens (tertiary/aromatic N) is 5. The molecule has 1 aromatic carbocycles. The predicted molar refractivity (Wildman–Crippen MR) is 143 cm³/mol. The molecule has 0 bridgehead atoms. The van der Waals surface area contributed by atoms with Gasteiger partial charge in [-0.1, -0.05) is 11.6 Å². The molecule has 16 heteroatoms. The highest BCUT2D eigenvalue weighted by Gasteiger charge is 2.26. The van der Waals surface area contributed by atoms with Gasteiger partial charge in [0, 0.05) is 38.4 Å². The maximum absolute atomic E-state index is 15.6. The van der Waals surface area contributed by atoms with Crippen molar-refractivity contribution in [3.05, 3.63) is 65.5 Å². The molecule has 12 nitrogen and oxygen atoms in total. The van der Waals surface area contributed by atoms with E-state index in [9.17, 15) is 22.4 Å². The van der Waals surface area contributed by atoms with E-state index < -0.39 is 43.7 Å². The van der Waals surface area contributed by atoms with E-state index in [0.29, 0.717) is 19.5 Å². The van der Waals surface area contributed by atoms with E-state index in [1.54, 1.807) is 4.90 Å². The van der Waals surface area contributed by atoms with Crippen LogP contribution in [0.3, 0.4) is 0 Å². The van der Waals surface area contributed by atoms with Crippen LogP contribution in [0.25, 0.3) is 16.8 Å². The Morgan fingerprint density at radius 1 is 1.20 bits per heavy atom. The Kier molecular flexibility index (Phi) is 7.73. The largest absolute Gasteiger partial charge is 0.480 e. The van der Waals surface area contributed by atoms with Crippen molar-refractivity contribution in [1.82, 2.24) is 29.6 Å². The van der Waals surface area contributed by atoms with Gasteiger partial charge in [-0.15, -0.1) is 0 Å². The third kappa shape index (κ3) is 5.63. The van der Waals surface area contributed by atoms with Crippen molar-refractivity contribution in [3.63, 3.8) is 0 Å². The van der Waals surface area contributed by atoms with Crippen LogP contribution in [-0.4, -0.2) is 71.2 Å². The van der Waals surface area contributed by atoms with E-state index in [1.165, 1.54) is 36.4 Å². The maximum Gasteiger partial charge on any atom is 0.272 e. The van der Waals surface area contributed by atoms with Gasteiger partial charge >= 0.3 is 0 Å². The van der Waals surface area contributed by atoms with Crippen LogP contribution in [0.2, 0.25) is 5.02 Å². The number of anilines is 1. The summed E-state index contributed by atoms with van der Waals surface area (Å²) in [5.41, 5.74) is -1.07. The number of hydrogen-bond donors (Lipinski definition) is 2. The molecule has 0 spiro atoms. The van der Waals surface area contributed by atoms with Gasteiger partial charge in [-0.3, -0.25) is 19.3 Å². The molecule has 0 saturated carbocycles. The summed E-state index contributed by atoms with van der Waals surface area (Å²) in [6.07, 6.45) is 6.22. The quantitative estimate of drug-likeness (QED) is 0.296. The van der Waals surface area contributed by atoms with Gasteiger partial charge in [0.1, 0.15) is 12.1 Å². The van der Waals surface area contributed by atoms with Gasteiger partial charge in [0.15, 0.2) is 16.4 Å². The number of likely N-dealkylation sites (tertiary alicyclic amines) is 1. The van der Waals surface area contributed by atoms with E-state index in [1.807, 2.05) is 0 Å². The fourth-order valence-electron chi connectivity index (χ4n) is 4.35. The third-order valence-corrected chi connectivity index (χ3v) is 7.90. The number of amides is 2. The molecule has 214 valence electrons. The number of sulfonamides is 1. The lowest BCUT2D eigenvalue weighted by Crippen LogP contribution is -2.35. The normalized spacial score (nSPS) is 13.6. The minimum Gasteiger partial charge on any atom is -0.480 e. The Bertz CT molecular complexity index is 1780. The number of nitrogens with one attached hydrogen (secondary N) is 2. The van der Waals surface area contributed by atoms with Gasteiger partial charge in [-0.2, -0.15) is 0 Å². The van der Waals surface area contributed by atoms with E-state index in [-0.39, 0.29) is 40.3 Å². The molecule has 41 heavy (non-hydrogen) atoms.